The lowest BCUT2D eigenvalue weighted by Gasteiger charge is -2.25. The Labute approximate surface area is 218 Å². The fraction of sp³-hybridized carbons (Fsp3) is 0.500. The molecule has 0 fully saturated rings. The number of carbonyl (C=O) groups excluding carboxylic acids is 2. The van der Waals surface area contributed by atoms with Crippen LogP contribution >= 0.6 is 11.3 Å². The number of amides is 1. The van der Waals surface area contributed by atoms with Gasteiger partial charge in [0.2, 0.25) is 17.7 Å². The molecule has 0 aliphatic heterocycles. The SMILES string of the molecule is CCOC(=O)c1c(NC(=O)CC(C)(F)F)sc2c1C[C@@H](n1cnnc1Nc1cc(OC(F)F)nn1C)CC2. The van der Waals surface area contributed by atoms with Crippen LogP contribution in [-0.2, 0) is 29.4 Å². The molecule has 0 radical (unpaired) electrons. The maximum absolute atomic E-state index is 13.4. The van der Waals surface area contributed by atoms with Gasteiger partial charge < -0.3 is 20.1 Å². The average molecular weight is 560 g/mol. The Morgan fingerprint density at radius 3 is 2.79 bits per heavy atom. The Balaban J connectivity index is 1.59. The van der Waals surface area contributed by atoms with E-state index in [1.807, 2.05) is 0 Å². The van der Waals surface area contributed by atoms with E-state index < -0.39 is 30.8 Å². The molecule has 11 nitrogen and oxygen atoms in total. The Morgan fingerprint density at radius 2 is 2.11 bits per heavy atom. The summed E-state index contributed by atoms with van der Waals surface area (Å²) in [7, 11) is 1.54. The van der Waals surface area contributed by atoms with Crippen molar-refractivity contribution in [3.05, 3.63) is 28.4 Å². The Kier molecular flexibility index (Phi) is 7.89. The van der Waals surface area contributed by atoms with Crippen molar-refractivity contribution in [2.24, 2.45) is 7.05 Å². The molecular weight excluding hydrogens is 534 g/mol. The monoisotopic (exact) mass is 559 g/mol. The highest BCUT2D eigenvalue weighted by Crippen LogP contribution is 2.42. The van der Waals surface area contributed by atoms with E-state index in [4.69, 9.17) is 4.74 Å². The maximum atomic E-state index is 13.4. The number of carbonyl (C=O) groups is 2. The van der Waals surface area contributed by atoms with Gasteiger partial charge in [-0.1, -0.05) is 0 Å². The molecule has 0 unspecified atom stereocenters. The number of hydrogen-bond donors (Lipinski definition) is 2. The number of hydrogen-bond acceptors (Lipinski definition) is 9. The molecule has 16 heteroatoms. The highest BCUT2D eigenvalue weighted by atomic mass is 32.1. The van der Waals surface area contributed by atoms with Gasteiger partial charge in [-0.15, -0.1) is 26.6 Å². The van der Waals surface area contributed by atoms with E-state index in [1.54, 1.807) is 11.5 Å². The quantitative estimate of drug-likeness (QED) is 0.278. The summed E-state index contributed by atoms with van der Waals surface area (Å²) in [5, 5.41) is 17.5. The number of aromatic nitrogens is 5. The van der Waals surface area contributed by atoms with E-state index in [-0.39, 0.29) is 29.1 Å². The van der Waals surface area contributed by atoms with Crippen molar-refractivity contribution in [1.29, 1.82) is 0 Å². The summed E-state index contributed by atoms with van der Waals surface area (Å²) >= 11 is 1.17. The van der Waals surface area contributed by atoms with E-state index in [0.717, 1.165) is 4.88 Å². The summed E-state index contributed by atoms with van der Waals surface area (Å²) in [5.74, 6) is -4.41. The number of ether oxygens (including phenoxy) is 2. The minimum absolute atomic E-state index is 0.0920. The predicted molar refractivity (Wildman–Crippen MR) is 128 cm³/mol. The van der Waals surface area contributed by atoms with Gasteiger partial charge in [0.05, 0.1) is 18.6 Å². The largest absolute Gasteiger partial charge is 0.462 e. The van der Waals surface area contributed by atoms with E-state index >= 15 is 0 Å². The first kappa shape index (κ1) is 27.3. The van der Waals surface area contributed by atoms with Crippen LogP contribution in [0.2, 0.25) is 0 Å². The smallest absolute Gasteiger partial charge is 0.388 e. The molecule has 0 saturated heterocycles. The first-order chi connectivity index (χ1) is 17.9. The van der Waals surface area contributed by atoms with E-state index in [2.05, 4.69) is 30.7 Å². The first-order valence-electron chi connectivity index (χ1n) is 11.6. The molecule has 38 heavy (non-hydrogen) atoms. The van der Waals surface area contributed by atoms with E-state index in [0.29, 0.717) is 43.5 Å². The Bertz CT molecular complexity index is 1320. The Hall–Kier alpha value is -3.69. The number of anilines is 3. The van der Waals surface area contributed by atoms with Gasteiger partial charge in [0, 0.05) is 24.0 Å². The molecular formula is C22H25F4N7O4S. The van der Waals surface area contributed by atoms with Crippen LogP contribution in [0.1, 0.15) is 53.5 Å². The van der Waals surface area contributed by atoms with Gasteiger partial charge in [-0.2, -0.15) is 8.78 Å². The van der Waals surface area contributed by atoms with Gasteiger partial charge in [0.1, 0.15) is 17.1 Å². The second-order valence-electron chi connectivity index (χ2n) is 8.68. The van der Waals surface area contributed by atoms with Crippen molar-refractivity contribution in [2.75, 3.05) is 17.2 Å². The summed E-state index contributed by atoms with van der Waals surface area (Å²) < 4.78 is 64.4. The third-order valence-electron chi connectivity index (χ3n) is 5.71. The molecule has 3 heterocycles. The fourth-order valence-electron chi connectivity index (χ4n) is 4.18. The standard InChI is InChI=1S/C22H25F4N7O4S/c1-4-36-19(35)17-12-7-11(5-6-13(12)38-18(17)29-15(34)9-22(2,25)26)33-10-27-30-21(33)28-14-8-16(31-32(14)3)37-20(23)24/h8,10-11,20H,4-7,9H2,1-3H3,(H,28,30)(H,29,34)/t11-/m0/s1. The molecule has 3 aromatic rings. The predicted octanol–water partition coefficient (Wildman–Crippen LogP) is 4.31. The van der Waals surface area contributed by atoms with Crippen LogP contribution < -0.4 is 15.4 Å². The lowest BCUT2D eigenvalue weighted by molar-refractivity contribution is -0.122. The van der Waals surface area contributed by atoms with Gasteiger partial charge in [-0.3, -0.25) is 9.36 Å². The topological polar surface area (TPSA) is 125 Å². The van der Waals surface area contributed by atoms with Crippen LogP contribution in [0, 0.1) is 0 Å². The van der Waals surface area contributed by atoms with Crippen molar-refractivity contribution in [3.8, 4) is 5.88 Å². The minimum Gasteiger partial charge on any atom is -0.462 e. The fourth-order valence-corrected chi connectivity index (χ4v) is 5.43. The maximum Gasteiger partial charge on any atom is 0.388 e. The summed E-state index contributed by atoms with van der Waals surface area (Å²) in [6, 6.07) is 1.06. The molecule has 3 aromatic heterocycles. The third kappa shape index (κ3) is 6.23. The summed E-state index contributed by atoms with van der Waals surface area (Å²) in [6.45, 7) is -0.647. The number of fused-ring (bicyclic) bond motifs is 1. The molecule has 1 aliphatic carbocycles. The van der Waals surface area contributed by atoms with E-state index in [9.17, 15) is 27.2 Å². The molecule has 1 aliphatic rings. The van der Waals surface area contributed by atoms with Crippen LogP contribution in [0.4, 0.5) is 34.3 Å². The molecule has 4 rings (SSSR count). The number of esters is 1. The van der Waals surface area contributed by atoms with Crippen LogP contribution in [0.25, 0.3) is 0 Å². The summed E-state index contributed by atoms with van der Waals surface area (Å²) in [5.41, 5.74) is 0.795. The van der Waals surface area contributed by atoms with E-state index in [1.165, 1.54) is 35.5 Å². The molecule has 0 spiro atoms. The van der Waals surface area contributed by atoms with Crippen molar-refractivity contribution in [2.45, 2.75) is 58.1 Å². The second kappa shape index (κ2) is 11.0. The van der Waals surface area contributed by atoms with Crippen LogP contribution in [0.3, 0.4) is 0 Å². The average Bonchev–Trinajstić information content (AvgIpc) is 3.49. The summed E-state index contributed by atoms with van der Waals surface area (Å²) in [4.78, 5) is 25.9. The molecule has 0 bridgehead atoms. The van der Waals surface area contributed by atoms with Gasteiger partial charge in [-0.05, 0) is 38.7 Å². The minimum atomic E-state index is -3.20. The number of aryl methyl sites for hydroxylation is 2. The van der Waals surface area contributed by atoms with Crippen LogP contribution in [-0.4, -0.2) is 55.6 Å². The first-order valence-corrected chi connectivity index (χ1v) is 12.4. The molecule has 0 saturated carbocycles. The number of nitrogens with one attached hydrogen (secondary N) is 2. The van der Waals surface area contributed by atoms with Crippen molar-refractivity contribution < 1.29 is 36.6 Å². The van der Waals surface area contributed by atoms with Crippen molar-refractivity contribution >= 4 is 40.0 Å². The number of halogens is 4. The van der Waals surface area contributed by atoms with Crippen LogP contribution in [0.5, 0.6) is 5.88 Å². The number of nitrogens with zero attached hydrogens (tertiary/aromatic N) is 5. The molecule has 2 N–H and O–H groups in total. The van der Waals surface area contributed by atoms with Gasteiger partial charge >= 0.3 is 12.6 Å². The normalized spacial score (nSPS) is 15.3. The lowest BCUT2D eigenvalue weighted by atomic mass is 9.91. The molecule has 0 aromatic carbocycles. The van der Waals surface area contributed by atoms with Gasteiger partial charge in [-0.25, -0.2) is 18.3 Å². The second-order valence-corrected chi connectivity index (χ2v) is 9.78. The third-order valence-corrected chi connectivity index (χ3v) is 6.92. The summed E-state index contributed by atoms with van der Waals surface area (Å²) in [6.07, 6.45) is 1.97. The molecule has 1 atom stereocenters. The van der Waals surface area contributed by atoms with Crippen LogP contribution in [0.15, 0.2) is 12.4 Å². The van der Waals surface area contributed by atoms with Gasteiger partial charge in [0.15, 0.2) is 0 Å². The number of thiophene rings is 1. The number of alkyl halides is 4. The number of rotatable bonds is 10. The zero-order valence-corrected chi connectivity index (χ0v) is 21.5. The zero-order chi connectivity index (χ0) is 27.6. The molecule has 206 valence electrons. The lowest BCUT2D eigenvalue weighted by Crippen LogP contribution is -2.23. The zero-order valence-electron chi connectivity index (χ0n) is 20.6. The van der Waals surface area contributed by atoms with Gasteiger partial charge in [0.25, 0.3) is 5.92 Å². The van der Waals surface area contributed by atoms with Crippen molar-refractivity contribution in [1.82, 2.24) is 24.5 Å². The highest BCUT2D eigenvalue weighted by Gasteiger charge is 2.33. The Morgan fingerprint density at radius 1 is 1.34 bits per heavy atom. The highest BCUT2D eigenvalue weighted by molar-refractivity contribution is 7.17. The van der Waals surface area contributed by atoms with Crippen molar-refractivity contribution in [3.63, 3.8) is 0 Å². The molecule has 1 amide bonds.